The van der Waals surface area contributed by atoms with Crippen LogP contribution in [0.4, 0.5) is 0 Å². The third-order valence-corrected chi connectivity index (χ3v) is 5.11. The van der Waals surface area contributed by atoms with Crippen molar-refractivity contribution >= 4 is 5.96 Å². The Hall–Kier alpha value is -1.55. The molecule has 1 aromatic rings. The first kappa shape index (κ1) is 17.3. The standard InChI is InChI=1S/C20H32N4/c1-2-21-20(22-12-5-6-13-23-14-7-8-15-23)24-16-11-18-9-3-4-10-19(18)17-24/h3-4,9-10H,2,5-8,11-17H2,1H3,(H,21,22). The predicted molar refractivity (Wildman–Crippen MR) is 101 cm³/mol. The second-order valence-electron chi connectivity index (χ2n) is 6.93. The molecule has 0 aromatic heterocycles. The van der Waals surface area contributed by atoms with Crippen LogP contribution in [-0.4, -0.2) is 55.0 Å². The number of unbranched alkanes of at least 4 members (excludes halogenated alkanes) is 1. The summed E-state index contributed by atoms with van der Waals surface area (Å²) in [5, 5.41) is 3.48. The van der Waals surface area contributed by atoms with Crippen molar-refractivity contribution in [1.29, 1.82) is 0 Å². The zero-order valence-electron chi connectivity index (χ0n) is 15.1. The van der Waals surface area contributed by atoms with Crippen molar-refractivity contribution in [3.63, 3.8) is 0 Å². The van der Waals surface area contributed by atoms with Gasteiger partial charge in [0.15, 0.2) is 5.96 Å². The molecular formula is C20H32N4. The number of rotatable bonds is 6. The third kappa shape index (κ3) is 4.73. The van der Waals surface area contributed by atoms with Gasteiger partial charge in [0.2, 0.25) is 0 Å². The van der Waals surface area contributed by atoms with Crippen LogP contribution in [0.5, 0.6) is 0 Å². The highest BCUT2D eigenvalue weighted by atomic mass is 15.3. The van der Waals surface area contributed by atoms with Crippen LogP contribution >= 0.6 is 0 Å². The molecule has 1 aromatic carbocycles. The molecule has 1 fully saturated rings. The van der Waals surface area contributed by atoms with Crippen LogP contribution in [0.15, 0.2) is 29.3 Å². The number of nitrogens with zero attached hydrogens (tertiary/aromatic N) is 3. The van der Waals surface area contributed by atoms with E-state index in [0.717, 1.165) is 38.6 Å². The first-order valence-corrected chi connectivity index (χ1v) is 9.69. The second kappa shape index (κ2) is 9.07. The maximum Gasteiger partial charge on any atom is 0.194 e. The number of guanidine groups is 1. The summed E-state index contributed by atoms with van der Waals surface area (Å²) in [7, 11) is 0. The molecule has 0 radical (unpaired) electrons. The molecule has 0 atom stereocenters. The Kier molecular flexibility index (Phi) is 6.53. The Morgan fingerprint density at radius 3 is 2.67 bits per heavy atom. The molecule has 4 heteroatoms. The zero-order chi connectivity index (χ0) is 16.6. The Balaban J connectivity index is 1.48. The van der Waals surface area contributed by atoms with Crippen molar-refractivity contribution in [3.8, 4) is 0 Å². The lowest BCUT2D eigenvalue weighted by Crippen LogP contribution is -2.44. The minimum Gasteiger partial charge on any atom is -0.357 e. The minimum atomic E-state index is 0.935. The fourth-order valence-electron chi connectivity index (χ4n) is 3.74. The predicted octanol–water partition coefficient (Wildman–Crippen LogP) is 2.89. The van der Waals surface area contributed by atoms with Gasteiger partial charge in [-0.15, -0.1) is 0 Å². The molecule has 0 saturated carbocycles. The summed E-state index contributed by atoms with van der Waals surface area (Å²) in [6.45, 7) is 9.94. The first-order chi connectivity index (χ1) is 11.9. The number of hydrogen-bond acceptors (Lipinski definition) is 2. The highest BCUT2D eigenvalue weighted by Gasteiger charge is 2.18. The van der Waals surface area contributed by atoms with Crippen LogP contribution in [-0.2, 0) is 13.0 Å². The average Bonchev–Trinajstić information content (AvgIpc) is 3.13. The molecule has 2 aliphatic rings. The van der Waals surface area contributed by atoms with E-state index in [-0.39, 0.29) is 0 Å². The van der Waals surface area contributed by atoms with E-state index >= 15 is 0 Å². The molecule has 24 heavy (non-hydrogen) atoms. The molecule has 0 aliphatic carbocycles. The molecule has 0 spiro atoms. The topological polar surface area (TPSA) is 30.9 Å². The molecule has 132 valence electrons. The van der Waals surface area contributed by atoms with Crippen LogP contribution in [0.25, 0.3) is 0 Å². The van der Waals surface area contributed by atoms with E-state index in [9.17, 15) is 0 Å². The van der Waals surface area contributed by atoms with E-state index in [4.69, 9.17) is 4.99 Å². The normalized spacial score (nSPS) is 18.7. The summed E-state index contributed by atoms with van der Waals surface area (Å²) in [6.07, 6.45) is 6.36. The van der Waals surface area contributed by atoms with E-state index in [1.807, 2.05) is 0 Å². The quantitative estimate of drug-likeness (QED) is 0.495. The van der Waals surface area contributed by atoms with Gasteiger partial charge >= 0.3 is 0 Å². The molecule has 1 N–H and O–H groups in total. The average molecular weight is 329 g/mol. The number of nitrogens with one attached hydrogen (secondary N) is 1. The van der Waals surface area contributed by atoms with Crippen molar-refractivity contribution < 1.29 is 0 Å². The maximum absolute atomic E-state index is 4.89. The van der Waals surface area contributed by atoms with E-state index in [1.165, 1.54) is 56.4 Å². The second-order valence-corrected chi connectivity index (χ2v) is 6.93. The van der Waals surface area contributed by atoms with E-state index in [1.54, 1.807) is 0 Å². The highest BCUT2D eigenvalue weighted by Crippen LogP contribution is 2.18. The summed E-state index contributed by atoms with van der Waals surface area (Å²) in [6, 6.07) is 8.80. The lowest BCUT2D eigenvalue weighted by atomic mass is 10.0. The SMILES string of the molecule is CCNC(=NCCCCN1CCCC1)N1CCc2ccccc2C1. The van der Waals surface area contributed by atoms with Crippen molar-refractivity contribution in [2.24, 2.45) is 4.99 Å². The fourth-order valence-corrected chi connectivity index (χ4v) is 3.74. The molecule has 0 amide bonds. The smallest absolute Gasteiger partial charge is 0.194 e. The monoisotopic (exact) mass is 328 g/mol. The van der Waals surface area contributed by atoms with Gasteiger partial charge in [0.1, 0.15) is 0 Å². The summed E-state index contributed by atoms with van der Waals surface area (Å²) >= 11 is 0. The van der Waals surface area contributed by atoms with Gasteiger partial charge < -0.3 is 15.1 Å². The largest absolute Gasteiger partial charge is 0.357 e. The van der Waals surface area contributed by atoms with E-state index < -0.39 is 0 Å². The van der Waals surface area contributed by atoms with Crippen molar-refractivity contribution in [2.75, 3.05) is 39.3 Å². The lowest BCUT2D eigenvalue weighted by Gasteiger charge is -2.31. The molecule has 3 rings (SSSR count). The Bertz CT molecular complexity index is 534. The van der Waals surface area contributed by atoms with Crippen molar-refractivity contribution in [3.05, 3.63) is 35.4 Å². The third-order valence-electron chi connectivity index (χ3n) is 5.11. The molecule has 1 saturated heterocycles. The van der Waals surface area contributed by atoms with Crippen LogP contribution in [0.1, 0.15) is 43.7 Å². The van der Waals surface area contributed by atoms with Gasteiger partial charge in [-0.05, 0) is 69.8 Å². The zero-order valence-corrected chi connectivity index (χ0v) is 15.1. The van der Waals surface area contributed by atoms with Gasteiger partial charge in [-0.25, -0.2) is 0 Å². The molecule has 0 bridgehead atoms. The van der Waals surface area contributed by atoms with Crippen LogP contribution in [0.3, 0.4) is 0 Å². The Morgan fingerprint density at radius 2 is 1.88 bits per heavy atom. The van der Waals surface area contributed by atoms with Crippen LogP contribution in [0, 0.1) is 0 Å². The van der Waals surface area contributed by atoms with Gasteiger partial charge in [0.25, 0.3) is 0 Å². The molecular weight excluding hydrogens is 296 g/mol. The van der Waals surface area contributed by atoms with Crippen LogP contribution in [0.2, 0.25) is 0 Å². The molecule has 2 heterocycles. The van der Waals surface area contributed by atoms with Gasteiger partial charge in [-0.3, -0.25) is 4.99 Å². The van der Waals surface area contributed by atoms with Gasteiger partial charge in [-0.1, -0.05) is 24.3 Å². The number of fused-ring (bicyclic) bond motifs is 1. The Morgan fingerprint density at radius 1 is 1.08 bits per heavy atom. The summed E-state index contributed by atoms with van der Waals surface area (Å²) in [5.41, 5.74) is 2.94. The van der Waals surface area contributed by atoms with Gasteiger partial charge in [0, 0.05) is 26.2 Å². The van der Waals surface area contributed by atoms with Crippen molar-refractivity contribution in [1.82, 2.24) is 15.1 Å². The number of likely N-dealkylation sites (tertiary alicyclic amines) is 1. The Labute approximate surface area is 146 Å². The number of benzene rings is 1. The first-order valence-electron chi connectivity index (χ1n) is 9.69. The number of aliphatic imine (C=N–C) groups is 1. The number of hydrogen-bond donors (Lipinski definition) is 1. The fraction of sp³-hybridized carbons (Fsp3) is 0.650. The summed E-state index contributed by atoms with van der Waals surface area (Å²) < 4.78 is 0. The van der Waals surface area contributed by atoms with Gasteiger partial charge in [0.05, 0.1) is 0 Å². The van der Waals surface area contributed by atoms with Gasteiger partial charge in [-0.2, -0.15) is 0 Å². The minimum absolute atomic E-state index is 0.935. The van der Waals surface area contributed by atoms with Crippen LogP contribution < -0.4 is 5.32 Å². The van der Waals surface area contributed by atoms with E-state index in [0.29, 0.717) is 0 Å². The summed E-state index contributed by atoms with van der Waals surface area (Å²) in [4.78, 5) is 9.89. The molecule has 0 unspecified atom stereocenters. The van der Waals surface area contributed by atoms with Crippen molar-refractivity contribution in [2.45, 2.75) is 45.6 Å². The molecule has 2 aliphatic heterocycles. The summed E-state index contributed by atoms with van der Waals surface area (Å²) in [5.74, 6) is 1.09. The highest BCUT2D eigenvalue weighted by molar-refractivity contribution is 5.80. The molecule has 4 nitrogen and oxygen atoms in total. The maximum atomic E-state index is 4.89. The lowest BCUT2D eigenvalue weighted by molar-refractivity contribution is 0.330. The van der Waals surface area contributed by atoms with E-state index in [2.05, 4.69) is 46.3 Å².